The van der Waals surface area contributed by atoms with Gasteiger partial charge < -0.3 is 20.2 Å². The highest BCUT2D eigenvalue weighted by Gasteiger charge is 2.19. The zero-order valence-electron chi connectivity index (χ0n) is 15.2. The standard InChI is InChI=1S/C19H16F2N4O4/c1-12-10-17(25(27)28)23-24(12)11-13-6-2-3-7-14(13)18(26)22-15-8-4-5-9-16(15)29-19(20)21/h2-10,19H,11H2,1H3,(H,22,26). The Kier molecular flexibility index (Phi) is 5.82. The van der Waals surface area contributed by atoms with E-state index in [1.165, 1.54) is 28.9 Å². The molecule has 0 unspecified atom stereocenters. The van der Waals surface area contributed by atoms with Crippen LogP contribution in [0.3, 0.4) is 0 Å². The van der Waals surface area contributed by atoms with E-state index in [2.05, 4.69) is 15.2 Å². The first-order valence-electron chi connectivity index (χ1n) is 8.47. The topological polar surface area (TPSA) is 99.3 Å². The summed E-state index contributed by atoms with van der Waals surface area (Å²) in [5, 5.41) is 17.4. The van der Waals surface area contributed by atoms with Gasteiger partial charge in [0.05, 0.1) is 29.1 Å². The van der Waals surface area contributed by atoms with Crippen LogP contribution in [-0.4, -0.2) is 27.2 Å². The van der Waals surface area contributed by atoms with Gasteiger partial charge in [-0.3, -0.25) is 4.79 Å². The summed E-state index contributed by atoms with van der Waals surface area (Å²) in [6.07, 6.45) is 0. The summed E-state index contributed by atoms with van der Waals surface area (Å²) in [4.78, 5) is 23.1. The second-order valence-corrected chi connectivity index (χ2v) is 6.04. The Morgan fingerprint density at radius 1 is 1.24 bits per heavy atom. The molecule has 1 amide bonds. The zero-order chi connectivity index (χ0) is 21.0. The van der Waals surface area contributed by atoms with E-state index in [-0.39, 0.29) is 29.4 Å². The Bertz CT molecular complexity index is 1050. The summed E-state index contributed by atoms with van der Waals surface area (Å²) in [6, 6.07) is 13.8. The number of alkyl halides is 2. The van der Waals surface area contributed by atoms with Crippen molar-refractivity contribution in [3.8, 4) is 5.75 Å². The van der Waals surface area contributed by atoms with Gasteiger partial charge >= 0.3 is 12.4 Å². The molecular weight excluding hydrogens is 386 g/mol. The summed E-state index contributed by atoms with van der Waals surface area (Å²) < 4.78 is 31.0. The third-order valence-corrected chi connectivity index (χ3v) is 4.09. The van der Waals surface area contributed by atoms with Crippen molar-refractivity contribution in [3.63, 3.8) is 0 Å². The molecule has 1 aromatic heterocycles. The van der Waals surface area contributed by atoms with Gasteiger partial charge in [-0.25, -0.2) is 0 Å². The lowest BCUT2D eigenvalue weighted by Crippen LogP contribution is -2.17. The Morgan fingerprint density at radius 3 is 2.62 bits per heavy atom. The Balaban J connectivity index is 1.86. The van der Waals surface area contributed by atoms with Crippen LogP contribution in [0.1, 0.15) is 21.6 Å². The third kappa shape index (κ3) is 4.72. The number of nitro groups is 1. The molecule has 1 N–H and O–H groups in total. The molecule has 0 aliphatic rings. The number of halogens is 2. The Morgan fingerprint density at radius 2 is 1.93 bits per heavy atom. The van der Waals surface area contributed by atoms with Gasteiger partial charge in [0.2, 0.25) is 0 Å². The van der Waals surface area contributed by atoms with Gasteiger partial charge in [-0.05, 0) is 35.6 Å². The fourth-order valence-corrected chi connectivity index (χ4v) is 2.74. The van der Waals surface area contributed by atoms with Crippen LogP contribution in [-0.2, 0) is 6.54 Å². The monoisotopic (exact) mass is 402 g/mol. The maximum atomic E-state index is 12.8. The first-order valence-corrected chi connectivity index (χ1v) is 8.47. The Labute approximate surface area is 163 Å². The van der Waals surface area contributed by atoms with Crippen molar-refractivity contribution in [1.29, 1.82) is 0 Å². The SMILES string of the molecule is Cc1cc([N+](=O)[O-])nn1Cc1ccccc1C(=O)Nc1ccccc1OC(F)F. The molecule has 0 radical (unpaired) electrons. The third-order valence-electron chi connectivity index (χ3n) is 4.09. The highest BCUT2D eigenvalue weighted by Crippen LogP contribution is 2.26. The molecule has 10 heteroatoms. The maximum Gasteiger partial charge on any atom is 0.390 e. The molecule has 0 spiro atoms. The summed E-state index contributed by atoms with van der Waals surface area (Å²) in [5.41, 5.74) is 1.48. The molecule has 0 aliphatic carbocycles. The predicted octanol–water partition coefficient (Wildman–Crippen LogP) is 4.00. The minimum atomic E-state index is -3.03. The molecule has 0 saturated carbocycles. The molecule has 0 bridgehead atoms. The van der Waals surface area contributed by atoms with Gasteiger partial charge in [-0.15, -0.1) is 0 Å². The van der Waals surface area contributed by atoms with Crippen molar-refractivity contribution < 1.29 is 23.2 Å². The fraction of sp³-hybridized carbons (Fsp3) is 0.158. The van der Waals surface area contributed by atoms with E-state index >= 15 is 0 Å². The number of para-hydroxylation sites is 2. The molecule has 29 heavy (non-hydrogen) atoms. The number of anilines is 1. The average Bonchev–Trinajstić information content (AvgIpc) is 3.04. The number of ether oxygens (including phenoxy) is 1. The second-order valence-electron chi connectivity index (χ2n) is 6.04. The van der Waals surface area contributed by atoms with Crippen LogP contribution >= 0.6 is 0 Å². The molecule has 8 nitrogen and oxygen atoms in total. The number of hydrogen-bond donors (Lipinski definition) is 1. The van der Waals surface area contributed by atoms with Gasteiger partial charge in [0.25, 0.3) is 5.91 Å². The predicted molar refractivity (Wildman–Crippen MR) is 100 cm³/mol. The number of nitrogens with one attached hydrogen (secondary N) is 1. The fourth-order valence-electron chi connectivity index (χ4n) is 2.74. The number of aromatic nitrogens is 2. The molecule has 150 valence electrons. The van der Waals surface area contributed by atoms with E-state index in [0.717, 1.165) is 0 Å². The number of aryl methyl sites for hydroxylation is 1. The molecule has 0 aliphatic heterocycles. The quantitative estimate of drug-likeness (QED) is 0.476. The van der Waals surface area contributed by atoms with Gasteiger partial charge in [0.1, 0.15) is 5.75 Å². The average molecular weight is 402 g/mol. The minimum Gasteiger partial charge on any atom is -0.433 e. The summed E-state index contributed by atoms with van der Waals surface area (Å²) in [7, 11) is 0. The highest BCUT2D eigenvalue weighted by molar-refractivity contribution is 6.06. The number of rotatable bonds is 7. The highest BCUT2D eigenvalue weighted by atomic mass is 19.3. The number of carbonyl (C=O) groups excluding carboxylic acids is 1. The number of nitrogens with zero attached hydrogens (tertiary/aromatic N) is 3. The van der Waals surface area contributed by atoms with Crippen LogP contribution in [0.15, 0.2) is 54.6 Å². The maximum absolute atomic E-state index is 12.8. The smallest absolute Gasteiger partial charge is 0.390 e. The first kappa shape index (κ1) is 19.9. The van der Waals surface area contributed by atoms with Crippen LogP contribution in [0.25, 0.3) is 0 Å². The second kappa shape index (κ2) is 8.46. The summed E-state index contributed by atoms with van der Waals surface area (Å²) >= 11 is 0. The van der Waals surface area contributed by atoms with Gasteiger partial charge in [-0.1, -0.05) is 30.3 Å². The lowest BCUT2D eigenvalue weighted by atomic mass is 10.1. The van der Waals surface area contributed by atoms with Crippen molar-refractivity contribution in [2.75, 3.05) is 5.32 Å². The van der Waals surface area contributed by atoms with E-state index in [1.54, 1.807) is 37.3 Å². The van der Waals surface area contributed by atoms with E-state index in [0.29, 0.717) is 11.3 Å². The summed E-state index contributed by atoms with van der Waals surface area (Å²) in [6.45, 7) is -1.24. The largest absolute Gasteiger partial charge is 0.433 e. The number of hydrogen-bond acceptors (Lipinski definition) is 5. The van der Waals surface area contributed by atoms with E-state index < -0.39 is 17.4 Å². The summed E-state index contributed by atoms with van der Waals surface area (Å²) in [5.74, 6) is -0.986. The zero-order valence-corrected chi connectivity index (χ0v) is 15.2. The first-order chi connectivity index (χ1) is 13.8. The van der Waals surface area contributed by atoms with Crippen LogP contribution in [0.5, 0.6) is 5.75 Å². The van der Waals surface area contributed by atoms with Gasteiger partial charge in [0.15, 0.2) is 0 Å². The molecule has 3 aromatic rings. The number of amides is 1. The van der Waals surface area contributed by atoms with Crippen molar-refractivity contribution in [3.05, 3.63) is 81.5 Å². The molecule has 1 heterocycles. The molecule has 0 saturated heterocycles. The Hall–Kier alpha value is -3.82. The van der Waals surface area contributed by atoms with Crippen LogP contribution in [0.2, 0.25) is 0 Å². The number of carbonyl (C=O) groups is 1. The van der Waals surface area contributed by atoms with Gasteiger partial charge in [-0.2, -0.15) is 13.5 Å². The van der Waals surface area contributed by atoms with Crippen molar-refractivity contribution >= 4 is 17.4 Å². The van der Waals surface area contributed by atoms with Crippen LogP contribution in [0, 0.1) is 17.0 Å². The van der Waals surface area contributed by atoms with Crippen molar-refractivity contribution in [2.24, 2.45) is 0 Å². The van der Waals surface area contributed by atoms with E-state index in [9.17, 15) is 23.7 Å². The van der Waals surface area contributed by atoms with E-state index in [1.807, 2.05) is 0 Å². The lowest BCUT2D eigenvalue weighted by molar-refractivity contribution is -0.389. The van der Waals surface area contributed by atoms with Crippen LogP contribution < -0.4 is 10.1 Å². The van der Waals surface area contributed by atoms with Crippen LogP contribution in [0.4, 0.5) is 20.3 Å². The number of benzene rings is 2. The molecule has 2 aromatic carbocycles. The minimum absolute atomic E-state index is 0.0958. The molecular formula is C19H16F2N4O4. The van der Waals surface area contributed by atoms with Gasteiger partial charge in [0, 0.05) is 5.56 Å². The van der Waals surface area contributed by atoms with Crippen molar-refractivity contribution in [2.45, 2.75) is 20.1 Å². The lowest BCUT2D eigenvalue weighted by Gasteiger charge is -2.13. The van der Waals surface area contributed by atoms with E-state index in [4.69, 9.17) is 0 Å². The molecule has 0 fully saturated rings. The molecule has 3 rings (SSSR count). The van der Waals surface area contributed by atoms with Crippen molar-refractivity contribution in [1.82, 2.24) is 9.78 Å². The normalized spacial score (nSPS) is 10.8. The molecule has 0 atom stereocenters.